The lowest BCUT2D eigenvalue weighted by molar-refractivity contribution is 0.0538. The van der Waals surface area contributed by atoms with Gasteiger partial charge in [0.25, 0.3) is 5.91 Å². The van der Waals surface area contributed by atoms with Gasteiger partial charge < -0.3 is 15.5 Å². The molecule has 0 saturated carbocycles. The number of carbonyl (C=O) groups excluding carboxylic acids is 1. The summed E-state index contributed by atoms with van der Waals surface area (Å²) in [4.78, 5) is 23.7. The second kappa shape index (κ2) is 9.56. The highest BCUT2D eigenvalue weighted by atomic mass is 35.5. The molecule has 1 amide bonds. The van der Waals surface area contributed by atoms with Crippen molar-refractivity contribution < 1.29 is 9.63 Å². The van der Waals surface area contributed by atoms with Crippen LogP contribution in [0.15, 0.2) is 42.7 Å². The molecule has 1 aliphatic rings. The van der Waals surface area contributed by atoms with E-state index in [1.54, 1.807) is 24.4 Å². The summed E-state index contributed by atoms with van der Waals surface area (Å²) >= 11 is 6.39. The van der Waals surface area contributed by atoms with Gasteiger partial charge in [-0.25, -0.2) is 10.5 Å². The Morgan fingerprint density at radius 1 is 1.19 bits per heavy atom. The summed E-state index contributed by atoms with van der Waals surface area (Å²) in [5, 5.41) is 11.5. The topological polar surface area (TPSA) is 96.3 Å². The average Bonchev–Trinajstić information content (AvgIpc) is 3.18. The molecule has 1 unspecified atom stereocenters. The van der Waals surface area contributed by atoms with Crippen LogP contribution >= 0.6 is 11.6 Å². The minimum atomic E-state index is -0.360. The Hall–Kier alpha value is -3.14. The number of rotatable bonds is 7. The minimum Gasteiger partial charge on any atom is -0.353 e. The van der Waals surface area contributed by atoms with E-state index in [1.165, 1.54) is 7.11 Å². The third-order valence-corrected chi connectivity index (χ3v) is 5.84. The SMILES string of the molecule is CONC(=O)c1ccccc1Nc1cc(Nc2cnn3c2CC(N(C)C)CC3)ncc1Cl. The van der Waals surface area contributed by atoms with Crippen molar-refractivity contribution in [2.45, 2.75) is 25.4 Å². The van der Waals surface area contributed by atoms with Gasteiger partial charge in [0.2, 0.25) is 0 Å². The highest BCUT2D eigenvalue weighted by molar-refractivity contribution is 6.33. The number of nitrogens with one attached hydrogen (secondary N) is 3. The number of amides is 1. The van der Waals surface area contributed by atoms with Crippen molar-refractivity contribution in [2.75, 3.05) is 31.8 Å². The van der Waals surface area contributed by atoms with Gasteiger partial charge in [0.15, 0.2) is 0 Å². The molecule has 3 heterocycles. The third-order valence-electron chi connectivity index (χ3n) is 5.54. The van der Waals surface area contributed by atoms with Crippen molar-refractivity contribution in [3.05, 3.63) is 59.0 Å². The molecule has 2 aromatic heterocycles. The van der Waals surface area contributed by atoms with E-state index in [9.17, 15) is 4.79 Å². The smallest absolute Gasteiger partial charge is 0.276 e. The molecule has 0 saturated heterocycles. The van der Waals surface area contributed by atoms with Gasteiger partial charge in [-0.15, -0.1) is 0 Å². The molecule has 0 spiro atoms. The number of halogens is 1. The van der Waals surface area contributed by atoms with E-state index in [0.717, 1.165) is 30.8 Å². The Balaban J connectivity index is 1.57. The monoisotopic (exact) mass is 455 g/mol. The first kappa shape index (κ1) is 22.1. The van der Waals surface area contributed by atoms with Crippen molar-refractivity contribution in [2.24, 2.45) is 0 Å². The van der Waals surface area contributed by atoms with Crippen LogP contribution in [-0.2, 0) is 17.8 Å². The van der Waals surface area contributed by atoms with Gasteiger partial charge in [-0.2, -0.15) is 5.10 Å². The van der Waals surface area contributed by atoms with Crippen molar-refractivity contribution in [1.29, 1.82) is 0 Å². The summed E-state index contributed by atoms with van der Waals surface area (Å²) < 4.78 is 2.04. The molecule has 10 heteroatoms. The van der Waals surface area contributed by atoms with Crippen molar-refractivity contribution in [3.63, 3.8) is 0 Å². The number of hydrogen-bond acceptors (Lipinski definition) is 7. The molecular formula is C22H26ClN7O2. The maximum atomic E-state index is 12.3. The van der Waals surface area contributed by atoms with E-state index in [0.29, 0.717) is 33.8 Å². The van der Waals surface area contributed by atoms with E-state index in [-0.39, 0.29) is 5.91 Å². The predicted molar refractivity (Wildman–Crippen MR) is 125 cm³/mol. The fourth-order valence-electron chi connectivity index (χ4n) is 3.78. The zero-order chi connectivity index (χ0) is 22.7. The lowest BCUT2D eigenvalue weighted by Crippen LogP contribution is -2.35. The molecule has 0 bridgehead atoms. The molecule has 4 rings (SSSR count). The van der Waals surface area contributed by atoms with Gasteiger partial charge in [-0.3, -0.25) is 14.3 Å². The highest BCUT2D eigenvalue weighted by Crippen LogP contribution is 2.31. The summed E-state index contributed by atoms with van der Waals surface area (Å²) in [5.74, 6) is 0.264. The molecule has 9 nitrogen and oxygen atoms in total. The number of pyridine rings is 1. The van der Waals surface area contributed by atoms with Gasteiger partial charge in [0.1, 0.15) is 5.82 Å². The number of carbonyl (C=O) groups is 1. The fourth-order valence-corrected chi connectivity index (χ4v) is 3.93. The van der Waals surface area contributed by atoms with E-state index < -0.39 is 0 Å². The molecular weight excluding hydrogens is 430 g/mol. The quantitative estimate of drug-likeness (QED) is 0.468. The van der Waals surface area contributed by atoms with Crippen LogP contribution in [0, 0.1) is 0 Å². The summed E-state index contributed by atoms with van der Waals surface area (Å²) in [5.41, 5.74) is 6.06. The summed E-state index contributed by atoms with van der Waals surface area (Å²) in [6.07, 6.45) is 5.39. The first-order valence-corrected chi connectivity index (χ1v) is 10.7. The molecule has 1 aromatic carbocycles. The number of nitrogens with zero attached hydrogens (tertiary/aromatic N) is 4. The highest BCUT2D eigenvalue weighted by Gasteiger charge is 2.24. The van der Waals surface area contributed by atoms with Crippen LogP contribution in [0.5, 0.6) is 0 Å². The molecule has 0 fully saturated rings. The molecule has 3 aromatic rings. The number of aryl methyl sites for hydroxylation is 1. The first-order chi connectivity index (χ1) is 15.5. The second-order valence-corrected chi connectivity index (χ2v) is 8.23. The van der Waals surface area contributed by atoms with Gasteiger partial charge in [-0.05, 0) is 32.6 Å². The second-order valence-electron chi connectivity index (χ2n) is 7.82. The first-order valence-electron chi connectivity index (χ1n) is 10.3. The van der Waals surface area contributed by atoms with Gasteiger partial charge in [0.05, 0.1) is 52.8 Å². The molecule has 168 valence electrons. The third kappa shape index (κ3) is 4.69. The molecule has 0 aliphatic carbocycles. The van der Waals surface area contributed by atoms with Crippen LogP contribution in [-0.4, -0.2) is 52.8 Å². The number of para-hydroxylation sites is 1. The molecule has 0 radical (unpaired) electrons. The Labute approximate surface area is 191 Å². The van der Waals surface area contributed by atoms with Crippen molar-refractivity contribution in [3.8, 4) is 0 Å². The number of aromatic nitrogens is 3. The van der Waals surface area contributed by atoms with Crippen LogP contribution in [0.1, 0.15) is 22.5 Å². The average molecular weight is 456 g/mol. The van der Waals surface area contributed by atoms with Crippen LogP contribution in [0.4, 0.5) is 22.9 Å². The zero-order valence-corrected chi connectivity index (χ0v) is 19.0. The number of fused-ring (bicyclic) bond motifs is 1. The van der Waals surface area contributed by atoms with E-state index in [2.05, 4.69) is 45.2 Å². The maximum absolute atomic E-state index is 12.3. The van der Waals surface area contributed by atoms with Crippen LogP contribution in [0.25, 0.3) is 0 Å². The summed E-state index contributed by atoms with van der Waals surface area (Å²) in [7, 11) is 5.60. The zero-order valence-electron chi connectivity index (χ0n) is 18.2. The largest absolute Gasteiger partial charge is 0.353 e. The predicted octanol–water partition coefficient (Wildman–Crippen LogP) is 3.59. The number of benzene rings is 1. The van der Waals surface area contributed by atoms with E-state index in [1.807, 2.05) is 23.0 Å². The van der Waals surface area contributed by atoms with Gasteiger partial charge in [-0.1, -0.05) is 23.7 Å². The Kier molecular flexibility index (Phi) is 6.59. The normalized spacial score (nSPS) is 15.3. The summed E-state index contributed by atoms with van der Waals surface area (Å²) in [6.45, 7) is 0.890. The number of hydroxylamine groups is 1. The van der Waals surface area contributed by atoms with Crippen LogP contribution < -0.4 is 16.1 Å². The molecule has 32 heavy (non-hydrogen) atoms. The minimum absolute atomic E-state index is 0.360. The number of likely N-dealkylation sites (N-methyl/N-ethyl adjacent to an activating group) is 1. The van der Waals surface area contributed by atoms with Gasteiger partial charge in [0, 0.05) is 25.1 Å². The Morgan fingerprint density at radius 2 is 2.00 bits per heavy atom. The lowest BCUT2D eigenvalue weighted by atomic mass is 10.0. The fraction of sp³-hybridized carbons (Fsp3) is 0.318. The standard InChI is InChI=1S/C22H26ClN7O2/c1-29(2)14-8-9-30-20(10-14)19(13-25-30)27-21-11-18(16(23)12-24-21)26-17-7-5-4-6-15(17)22(31)28-32-3/h4-7,11-14H,8-10H2,1-3H3,(H,28,31)(H2,24,26,27). The molecule has 1 atom stereocenters. The Morgan fingerprint density at radius 3 is 2.78 bits per heavy atom. The molecule has 1 aliphatic heterocycles. The van der Waals surface area contributed by atoms with Crippen molar-refractivity contribution >= 4 is 40.4 Å². The van der Waals surface area contributed by atoms with E-state index >= 15 is 0 Å². The van der Waals surface area contributed by atoms with Crippen LogP contribution in [0.3, 0.4) is 0 Å². The number of anilines is 4. The Bertz CT molecular complexity index is 1120. The maximum Gasteiger partial charge on any atom is 0.276 e. The lowest BCUT2D eigenvalue weighted by Gasteiger charge is -2.29. The number of hydrogen-bond donors (Lipinski definition) is 3. The van der Waals surface area contributed by atoms with E-state index in [4.69, 9.17) is 16.4 Å². The van der Waals surface area contributed by atoms with Crippen LogP contribution in [0.2, 0.25) is 5.02 Å². The van der Waals surface area contributed by atoms with Crippen molar-refractivity contribution in [1.82, 2.24) is 25.1 Å². The molecule has 3 N–H and O–H groups in total. The summed E-state index contributed by atoms with van der Waals surface area (Å²) in [6, 6.07) is 9.39. The van der Waals surface area contributed by atoms with Gasteiger partial charge >= 0.3 is 0 Å².